The van der Waals surface area contributed by atoms with Crippen LogP contribution in [-0.2, 0) is 0 Å². The minimum absolute atomic E-state index is 0.443. The van der Waals surface area contributed by atoms with Gasteiger partial charge in [-0.2, -0.15) is 5.10 Å². The molecule has 0 radical (unpaired) electrons. The Balaban J connectivity index is 2.26. The van der Waals surface area contributed by atoms with E-state index in [4.69, 9.17) is 12.2 Å². The summed E-state index contributed by atoms with van der Waals surface area (Å²) in [6.45, 7) is 2.13. The molecule has 0 amide bonds. The molecule has 4 nitrogen and oxygen atoms in total. The quantitative estimate of drug-likeness (QED) is 0.478. The largest absolute Gasteiger partial charge is 0.330 e. The molecule has 0 aromatic carbocycles. The maximum absolute atomic E-state index is 5.05. The molecule has 0 spiro atoms. The van der Waals surface area contributed by atoms with Crippen molar-refractivity contribution in [1.29, 1.82) is 0 Å². The van der Waals surface area contributed by atoms with Gasteiger partial charge in [0, 0.05) is 12.4 Å². The molecule has 0 aliphatic carbocycles. The fraction of sp³-hybridized carbons (Fsp3) is 0.250. The van der Waals surface area contributed by atoms with Gasteiger partial charge in [0.25, 0.3) is 0 Å². The minimum Gasteiger partial charge on any atom is -0.330 e. The fourth-order valence-corrected chi connectivity index (χ4v) is 1.23. The number of thiocarbonyl (C=S) groups is 1. The number of hydrogen-bond acceptors (Lipinski definition) is 3. The van der Waals surface area contributed by atoms with Gasteiger partial charge in [0.15, 0.2) is 5.11 Å². The van der Waals surface area contributed by atoms with Gasteiger partial charge >= 0.3 is 0 Å². The van der Waals surface area contributed by atoms with Crippen LogP contribution in [0.25, 0.3) is 0 Å². The number of hydrogen-bond donors (Lipinski definition) is 2. The first kappa shape index (κ1) is 13.3. The third-order valence-electron chi connectivity index (χ3n) is 1.84. The molecule has 0 saturated heterocycles. The summed E-state index contributed by atoms with van der Waals surface area (Å²) >= 11 is 5.05. The van der Waals surface area contributed by atoms with E-state index in [-0.39, 0.29) is 0 Å². The van der Waals surface area contributed by atoms with Gasteiger partial charge in [0.2, 0.25) is 0 Å². The summed E-state index contributed by atoms with van der Waals surface area (Å²) in [7, 11) is 0. The molecule has 2 N–H and O–H groups in total. The van der Waals surface area contributed by atoms with Crippen LogP contribution >= 0.6 is 12.2 Å². The monoisotopic (exact) mass is 248 g/mol. The maximum atomic E-state index is 5.05. The lowest BCUT2D eigenvalue weighted by Gasteiger charge is -2.05. The second-order valence-electron chi connectivity index (χ2n) is 3.30. The zero-order valence-corrected chi connectivity index (χ0v) is 10.6. The van der Waals surface area contributed by atoms with Gasteiger partial charge in [0.05, 0.1) is 11.9 Å². The Morgan fingerprint density at radius 3 is 3.18 bits per heavy atom. The van der Waals surface area contributed by atoms with Gasteiger partial charge in [-0.05, 0) is 36.8 Å². The van der Waals surface area contributed by atoms with Gasteiger partial charge in [0.1, 0.15) is 0 Å². The van der Waals surface area contributed by atoms with Crippen LogP contribution < -0.4 is 10.7 Å². The Bertz CT molecular complexity index is 387. The first-order valence-corrected chi connectivity index (χ1v) is 5.89. The maximum Gasteiger partial charge on any atom is 0.191 e. The predicted octanol–water partition coefficient (Wildman–Crippen LogP) is 2.71. The standard InChI is InChI=1S/C12H16N4S/c1-2-3-4-5-9-14-16-12(17)15-11-7-6-8-13-10-11/h4-10H,2-3H2,1H3,(H2,15,16,17)/b5-4+,14-9+. The number of hydrazone groups is 1. The summed E-state index contributed by atoms with van der Waals surface area (Å²) in [6.07, 6.45) is 11.2. The Morgan fingerprint density at radius 2 is 2.47 bits per heavy atom. The molecule has 1 aromatic heterocycles. The molecule has 0 atom stereocenters. The zero-order chi connectivity index (χ0) is 12.3. The van der Waals surface area contributed by atoms with Crippen LogP contribution in [0.3, 0.4) is 0 Å². The minimum atomic E-state index is 0.443. The molecule has 1 aromatic rings. The summed E-state index contributed by atoms with van der Waals surface area (Å²) in [6, 6.07) is 3.72. The van der Waals surface area contributed by atoms with Crippen molar-refractivity contribution < 1.29 is 0 Å². The third-order valence-corrected chi connectivity index (χ3v) is 2.03. The lowest BCUT2D eigenvalue weighted by molar-refractivity contribution is 0.959. The second-order valence-corrected chi connectivity index (χ2v) is 3.71. The summed E-state index contributed by atoms with van der Waals surface area (Å²) in [4.78, 5) is 3.97. The molecule has 0 fully saturated rings. The molecular weight excluding hydrogens is 232 g/mol. The number of nitrogens with one attached hydrogen (secondary N) is 2. The molecule has 17 heavy (non-hydrogen) atoms. The van der Waals surface area contributed by atoms with Crippen molar-refractivity contribution in [3.8, 4) is 0 Å². The van der Waals surface area contributed by atoms with E-state index in [1.54, 1.807) is 18.6 Å². The summed E-state index contributed by atoms with van der Waals surface area (Å²) in [5.74, 6) is 0. The van der Waals surface area contributed by atoms with E-state index in [1.165, 1.54) is 0 Å². The zero-order valence-electron chi connectivity index (χ0n) is 9.76. The predicted molar refractivity (Wildman–Crippen MR) is 76.1 cm³/mol. The molecule has 0 saturated carbocycles. The van der Waals surface area contributed by atoms with Crippen molar-refractivity contribution in [3.63, 3.8) is 0 Å². The van der Waals surface area contributed by atoms with Gasteiger partial charge in [-0.1, -0.05) is 19.4 Å². The Morgan fingerprint density at radius 1 is 1.59 bits per heavy atom. The summed E-state index contributed by atoms with van der Waals surface area (Å²) in [5.41, 5.74) is 3.55. The Labute approximate surface area is 107 Å². The van der Waals surface area contributed by atoms with Crippen molar-refractivity contribution >= 4 is 29.2 Å². The van der Waals surface area contributed by atoms with E-state index in [9.17, 15) is 0 Å². The van der Waals surface area contributed by atoms with E-state index in [1.807, 2.05) is 18.2 Å². The van der Waals surface area contributed by atoms with Crippen molar-refractivity contribution in [2.24, 2.45) is 5.10 Å². The highest BCUT2D eigenvalue weighted by molar-refractivity contribution is 7.80. The molecule has 0 unspecified atom stereocenters. The van der Waals surface area contributed by atoms with Crippen LogP contribution in [0.15, 0.2) is 41.8 Å². The molecule has 0 aliphatic rings. The van der Waals surface area contributed by atoms with Gasteiger partial charge in [-0.25, -0.2) is 0 Å². The number of rotatable bonds is 5. The van der Waals surface area contributed by atoms with Crippen molar-refractivity contribution in [1.82, 2.24) is 10.4 Å². The van der Waals surface area contributed by atoms with Crippen molar-refractivity contribution in [2.45, 2.75) is 19.8 Å². The number of anilines is 1. The average molecular weight is 248 g/mol. The van der Waals surface area contributed by atoms with Crippen LogP contribution in [0.1, 0.15) is 19.8 Å². The number of unbranched alkanes of at least 4 members (excludes halogenated alkanes) is 1. The second kappa shape index (κ2) is 8.41. The van der Waals surface area contributed by atoms with Crippen LogP contribution in [-0.4, -0.2) is 16.3 Å². The number of nitrogens with zero attached hydrogens (tertiary/aromatic N) is 2. The molecule has 1 rings (SSSR count). The molecule has 0 bridgehead atoms. The van der Waals surface area contributed by atoms with Crippen molar-refractivity contribution in [3.05, 3.63) is 36.7 Å². The molecular formula is C12H16N4S. The molecule has 1 heterocycles. The van der Waals surface area contributed by atoms with Gasteiger partial charge in [-0.3, -0.25) is 10.4 Å². The van der Waals surface area contributed by atoms with E-state index in [0.29, 0.717) is 5.11 Å². The van der Waals surface area contributed by atoms with E-state index < -0.39 is 0 Å². The number of aromatic nitrogens is 1. The Kier molecular flexibility index (Phi) is 6.59. The highest BCUT2D eigenvalue weighted by Gasteiger charge is 1.93. The smallest absolute Gasteiger partial charge is 0.191 e. The summed E-state index contributed by atoms with van der Waals surface area (Å²) < 4.78 is 0. The first-order valence-electron chi connectivity index (χ1n) is 5.48. The fourth-order valence-electron chi connectivity index (χ4n) is 1.06. The van der Waals surface area contributed by atoms with E-state index >= 15 is 0 Å². The summed E-state index contributed by atoms with van der Waals surface area (Å²) in [5, 5.41) is 7.36. The molecule has 90 valence electrons. The lowest BCUT2D eigenvalue weighted by Crippen LogP contribution is -2.23. The highest BCUT2D eigenvalue weighted by atomic mass is 32.1. The van der Waals surface area contributed by atoms with Gasteiger partial charge < -0.3 is 5.32 Å². The number of allylic oxidation sites excluding steroid dienone is 2. The Hall–Kier alpha value is -1.75. The van der Waals surface area contributed by atoms with Crippen molar-refractivity contribution in [2.75, 3.05) is 5.32 Å². The first-order chi connectivity index (χ1) is 8.33. The number of pyridine rings is 1. The van der Waals surface area contributed by atoms with Crippen LogP contribution in [0.5, 0.6) is 0 Å². The topological polar surface area (TPSA) is 49.3 Å². The van der Waals surface area contributed by atoms with E-state index in [2.05, 4.69) is 33.8 Å². The van der Waals surface area contributed by atoms with Crippen LogP contribution in [0.4, 0.5) is 5.69 Å². The van der Waals surface area contributed by atoms with Crippen LogP contribution in [0.2, 0.25) is 0 Å². The SMILES string of the molecule is CCC/C=C/C=N/NC(=S)Nc1cccnc1. The van der Waals surface area contributed by atoms with Gasteiger partial charge in [-0.15, -0.1) is 0 Å². The normalized spacial score (nSPS) is 10.9. The highest BCUT2D eigenvalue weighted by Crippen LogP contribution is 2.01. The average Bonchev–Trinajstić information content (AvgIpc) is 2.35. The van der Waals surface area contributed by atoms with E-state index in [0.717, 1.165) is 18.5 Å². The third kappa shape index (κ3) is 6.42. The van der Waals surface area contributed by atoms with Crippen LogP contribution in [0, 0.1) is 0 Å². The molecule has 0 aliphatic heterocycles. The lowest BCUT2D eigenvalue weighted by atomic mass is 10.3. The molecule has 5 heteroatoms.